The van der Waals surface area contributed by atoms with Crippen molar-refractivity contribution < 1.29 is 5.11 Å². The van der Waals surface area contributed by atoms with E-state index in [-0.39, 0.29) is 6.61 Å². The molecule has 0 fully saturated rings. The fraction of sp³-hybridized carbons (Fsp3) is 0.250. The van der Waals surface area contributed by atoms with Crippen molar-refractivity contribution in [1.82, 2.24) is 4.98 Å². The van der Waals surface area contributed by atoms with Gasteiger partial charge in [0, 0.05) is 15.9 Å². The summed E-state index contributed by atoms with van der Waals surface area (Å²) < 4.78 is 1.04. The lowest BCUT2D eigenvalue weighted by Gasteiger charge is -2.03. The van der Waals surface area contributed by atoms with E-state index in [4.69, 9.17) is 0 Å². The molecule has 0 atom stereocenters. The molecule has 1 N–H and O–H groups in total. The van der Waals surface area contributed by atoms with E-state index in [0.29, 0.717) is 0 Å². The molecule has 0 unspecified atom stereocenters. The summed E-state index contributed by atoms with van der Waals surface area (Å²) in [5.41, 5.74) is 1.99. The van der Waals surface area contributed by atoms with Gasteiger partial charge in [-0.3, -0.25) is 4.98 Å². The molecule has 1 aliphatic rings. The van der Waals surface area contributed by atoms with Crippen molar-refractivity contribution >= 4 is 28.1 Å². The molecule has 0 saturated carbocycles. The number of aliphatic hydroxyl groups excluding tert-OH is 1. The highest BCUT2D eigenvalue weighted by Crippen LogP contribution is 2.10. The van der Waals surface area contributed by atoms with Crippen LogP contribution < -0.4 is 10.6 Å². The molecule has 0 bridgehead atoms. The third kappa shape index (κ3) is 2.03. The van der Waals surface area contributed by atoms with Crippen molar-refractivity contribution in [1.29, 1.82) is 0 Å². The van der Waals surface area contributed by atoms with Gasteiger partial charge >= 0.3 is 0 Å². The van der Waals surface area contributed by atoms with Crippen LogP contribution in [0.25, 0.3) is 12.2 Å². The molecule has 0 radical (unpaired) electrons. The number of pyridine rings is 1. The highest BCUT2D eigenvalue weighted by Gasteiger charge is 2.03. The maximum absolute atomic E-state index is 9.36. The van der Waals surface area contributed by atoms with Crippen LogP contribution in [-0.2, 0) is 6.61 Å². The van der Waals surface area contributed by atoms with Crippen molar-refractivity contribution in [2.45, 2.75) is 20.0 Å². The van der Waals surface area contributed by atoms with Crippen LogP contribution in [0, 0.1) is 6.92 Å². The van der Waals surface area contributed by atoms with Crippen molar-refractivity contribution in [3.63, 3.8) is 0 Å². The fourth-order valence-electron chi connectivity index (χ4n) is 1.69. The van der Waals surface area contributed by atoms with Gasteiger partial charge < -0.3 is 5.11 Å². The monoisotopic (exact) mass is 265 g/mol. The van der Waals surface area contributed by atoms with Gasteiger partial charge in [0.25, 0.3) is 0 Å². The number of hydrogen-bond donors (Lipinski definition) is 1. The van der Waals surface area contributed by atoms with Crippen LogP contribution in [0.1, 0.15) is 17.5 Å². The second kappa shape index (κ2) is 4.29. The Morgan fingerprint density at radius 1 is 1.47 bits per heavy atom. The van der Waals surface area contributed by atoms with Gasteiger partial charge in [-0.25, -0.2) is 0 Å². The second-order valence-corrected chi connectivity index (χ2v) is 4.47. The maximum atomic E-state index is 9.36. The zero-order valence-electron chi connectivity index (χ0n) is 8.50. The predicted molar refractivity (Wildman–Crippen MR) is 64.7 cm³/mol. The molecule has 78 valence electrons. The first-order chi connectivity index (χ1) is 7.22. The van der Waals surface area contributed by atoms with Crippen LogP contribution in [0.15, 0.2) is 16.8 Å². The molecular formula is C12H12BrNO. The molecule has 0 spiro atoms. The highest BCUT2D eigenvalue weighted by molar-refractivity contribution is 9.12. The Balaban J connectivity index is 2.84. The predicted octanol–water partition coefficient (Wildman–Crippen LogP) is 1.13. The normalized spacial score (nSPS) is 14.5. The van der Waals surface area contributed by atoms with Crippen LogP contribution in [0.5, 0.6) is 0 Å². The van der Waals surface area contributed by atoms with Crippen molar-refractivity contribution in [2.75, 3.05) is 0 Å². The number of fused-ring (bicyclic) bond motifs is 1. The molecular weight excluding hydrogens is 254 g/mol. The maximum Gasteiger partial charge on any atom is 0.0691 e. The molecule has 0 saturated heterocycles. The molecule has 0 aliphatic heterocycles. The molecule has 1 heterocycles. The summed E-state index contributed by atoms with van der Waals surface area (Å²) in [5, 5.41) is 11.3. The van der Waals surface area contributed by atoms with E-state index in [1.54, 1.807) is 0 Å². The van der Waals surface area contributed by atoms with E-state index in [9.17, 15) is 5.11 Å². The van der Waals surface area contributed by atoms with Gasteiger partial charge in [-0.15, -0.1) is 0 Å². The fourth-order valence-corrected chi connectivity index (χ4v) is 2.11. The largest absolute Gasteiger partial charge is 0.392 e. The molecule has 0 aromatic carbocycles. The lowest BCUT2D eigenvalue weighted by Crippen LogP contribution is -2.32. The van der Waals surface area contributed by atoms with Gasteiger partial charge in [0.05, 0.1) is 12.0 Å². The molecule has 1 aromatic heterocycles. The summed E-state index contributed by atoms with van der Waals surface area (Å²) in [6.45, 7) is 2.02. The lowest BCUT2D eigenvalue weighted by atomic mass is 10.1. The highest BCUT2D eigenvalue weighted by atomic mass is 79.9. The van der Waals surface area contributed by atoms with Crippen LogP contribution in [0.2, 0.25) is 0 Å². The van der Waals surface area contributed by atoms with E-state index in [0.717, 1.165) is 32.6 Å². The summed E-state index contributed by atoms with van der Waals surface area (Å²) in [4.78, 5) is 4.37. The van der Waals surface area contributed by atoms with E-state index in [1.165, 1.54) is 0 Å². The van der Waals surface area contributed by atoms with Crippen molar-refractivity contribution in [2.24, 2.45) is 0 Å². The Morgan fingerprint density at radius 3 is 3.00 bits per heavy atom. The minimum absolute atomic E-state index is 0.0569. The molecule has 1 aliphatic carbocycles. The Hall–Kier alpha value is -0.930. The number of halogens is 1. The van der Waals surface area contributed by atoms with Gasteiger partial charge in [0.15, 0.2) is 0 Å². The summed E-state index contributed by atoms with van der Waals surface area (Å²) in [7, 11) is 0. The third-order valence-corrected chi connectivity index (χ3v) is 3.09. The van der Waals surface area contributed by atoms with Gasteiger partial charge in [-0.1, -0.05) is 28.1 Å². The van der Waals surface area contributed by atoms with Crippen LogP contribution in [0.3, 0.4) is 0 Å². The summed E-state index contributed by atoms with van der Waals surface area (Å²) >= 11 is 3.47. The summed E-state index contributed by atoms with van der Waals surface area (Å²) in [6.07, 6.45) is 8.85. The number of aromatic nitrogens is 1. The molecule has 2 rings (SSSR count). The average molecular weight is 266 g/mol. The van der Waals surface area contributed by atoms with Crippen LogP contribution in [0.4, 0.5) is 0 Å². The molecule has 3 heteroatoms. The minimum atomic E-state index is 0.0569. The standard InChI is InChI=1S/C12H12BrNO/c1-8-6-14-12-4-2-3-9(13)5-10(12)11(8)7-15/h3-6,15H,2,7H2,1H3. The summed E-state index contributed by atoms with van der Waals surface area (Å²) in [5.74, 6) is 0. The topological polar surface area (TPSA) is 33.1 Å². The van der Waals surface area contributed by atoms with E-state index >= 15 is 0 Å². The molecule has 1 aromatic rings. The first kappa shape index (κ1) is 10.6. The smallest absolute Gasteiger partial charge is 0.0691 e. The first-order valence-corrected chi connectivity index (χ1v) is 5.64. The Kier molecular flexibility index (Phi) is 3.03. The molecule has 0 amide bonds. The molecule has 2 nitrogen and oxygen atoms in total. The average Bonchev–Trinajstić information content (AvgIpc) is 2.39. The van der Waals surface area contributed by atoms with E-state index in [2.05, 4.69) is 33.1 Å². The SMILES string of the molecule is Cc1cnc2c(c1CO)=CC(Br)=CCC=2. The number of nitrogens with zero attached hydrogens (tertiary/aromatic N) is 1. The Bertz CT molecular complexity index is 531. The Morgan fingerprint density at radius 2 is 2.27 bits per heavy atom. The van der Waals surface area contributed by atoms with Crippen molar-refractivity contribution in [3.8, 4) is 0 Å². The van der Waals surface area contributed by atoms with Crippen LogP contribution >= 0.6 is 15.9 Å². The minimum Gasteiger partial charge on any atom is -0.392 e. The van der Waals surface area contributed by atoms with E-state index in [1.807, 2.05) is 19.2 Å². The first-order valence-electron chi connectivity index (χ1n) is 4.85. The number of aryl methyl sites for hydroxylation is 1. The van der Waals surface area contributed by atoms with Gasteiger partial charge in [0.1, 0.15) is 0 Å². The second-order valence-electron chi connectivity index (χ2n) is 3.55. The number of hydrogen-bond acceptors (Lipinski definition) is 2. The van der Waals surface area contributed by atoms with Crippen LogP contribution in [-0.4, -0.2) is 10.1 Å². The molecule has 15 heavy (non-hydrogen) atoms. The number of allylic oxidation sites excluding steroid dienone is 2. The zero-order valence-corrected chi connectivity index (χ0v) is 10.1. The lowest BCUT2D eigenvalue weighted by molar-refractivity contribution is 0.279. The van der Waals surface area contributed by atoms with E-state index < -0.39 is 0 Å². The van der Waals surface area contributed by atoms with Gasteiger partial charge in [-0.05, 0) is 30.5 Å². The Labute approximate surface area is 96.8 Å². The van der Waals surface area contributed by atoms with Crippen molar-refractivity contribution in [3.05, 3.63) is 38.4 Å². The van der Waals surface area contributed by atoms with Gasteiger partial charge in [-0.2, -0.15) is 0 Å². The van der Waals surface area contributed by atoms with Gasteiger partial charge in [0.2, 0.25) is 0 Å². The quantitative estimate of drug-likeness (QED) is 0.826. The number of rotatable bonds is 1. The summed E-state index contributed by atoms with van der Waals surface area (Å²) in [6, 6.07) is 0. The zero-order chi connectivity index (χ0) is 10.8. The number of aliphatic hydroxyl groups is 1. The third-order valence-electron chi connectivity index (χ3n) is 2.54.